The summed E-state index contributed by atoms with van der Waals surface area (Å²) in [6, 6.07) is 7.08. The molecule has 0 heterocycles. The molecule has 0 aromatic heterocycles. The third kappa shape index (κ3) is 3.78. The molecule has 1 unspecified atom stereocenters. The zero-order valence-electron chi connectivity index (χ0n) is 12.4. The molecule has 1 aromatic rings. The van der Waals surface area contributed by atoms with Crippen LogP contribution in [0.3, 0.4) is 0 Å². The number of nitrogens with zero attached hydrogens (tertiary/aromatic N) is 2. The van der Waals surface area contributed by atoms with Crippen molar-refractivity contribution in [3.63, 3.8) is 0 Å². The Balaban J connectivity index is 3.13. The second-order valence-corrected chi connectivity index (χ2v) is 6.94. The summed E-state index contributed by atoms with van der Waals surface area (Å²) in [5.41, 5.74) is 0.790. The molecule has 0 amide bonds. The first kappa shape index (κ1) is 16.1. The first-order valence-electron chi connectivity index (χ1n) is 6.53. The number of rotatable bonds is 6. The standard InChI is InChI=1S/C14H24N2O2S/c1-6-16(13(3)11-15(4)5)19(17,18)14-10-8-7-9-12(14)2/h7-10,13H,6,11H2,1-5H3. The lowest BCUT2D eigenvalue weighted by Gasteiger charge is -2.29. The second-order valence-electron chi connectivity index (χ2n) is 5.09. The molecule has 0 aliphatic carbocycles. The van der Waals surface area contributed by atoms with Gasteiger partial charge in [-0.3, -0.25) is 0 Å². The second kappa shape index (κ2) is 6.50. The molecule has 0 saturated heterocycles. The molecule has 0 bridgehead atoms. The number of hydrogen-bond acceptors (Lipinski definition) is 3. The van der Waals surface area contributed by atoms with Gasteiger partial charge in [0.1, 0.15) is 0 Å². The zero-order valence-corrected chi connectivity index (χ0v) is 13.2. The number of likely N-dealkylation sites (N-methyl/N-ethyl adjacent to an activating group) is 2. The van der Waals surface area contributed by atoms with Crippen LogP contribution in [0.25, 0.3) is 0 Å². The summed E-state index contributed by atoms with van der Waals surface area (Å²) in [6.45, 7) is 6.84. The Morgan fingerprint density at radius 1 is 1.21 bits per heavy atom. The van der Waals surface area contributed by atoms with Gasteiger partial charge in [0.15, 0.2) is 0 Å². The van der Waals surface area contributed by atoms with Crippen LogP contribution < -0.4 is 0 Å². The Kier molecular flexibility index (Phi) is 5.52. The summed E-state index contributed by atoms with van der Waals surface area (Å²) >= 11 is 0. The molecule has 19 heavy (non-hydrogen) atoms. The molecule has 0 aliphatic rings. The molecule has 1 aromatic carbocycles. The maximum absolute atomic E-state index is 12.7. The largest absolute Gasteiger partial charge is 0.308 e. The summed E-state index contributed by atoms with van der Waals surface area (Å²) in [5, 5.41) is 0. The van der Waals surface area contributed by atoms with Gasteiger partial charge in [-0.25, -0.2) is 8.42 Å². The van der Waals surface area contributed by atoms with Gasteiger partial charge in [-0.2, -0.15) is 4.31 Å². The quantitative estimate of drug-likeness (QED) is 0.802. The van der Waals surface area contributed by atoms with Gasteiger partial charge in [-0.05, 0) is 39.6 Å². The summed E-state index contributed by atoms with van der Waals surface area (Å²) in [5.74, 6) is 0. The predicted octanol–water partition coefficient (Wildman–Crippen LogP) is 1.96. The van der Waals surface area contributed by atoms with Gasteiger partial charge in [-0.1, -0.05) is 25.1 Å². The summed E-state index contributed by atoms with van der Waals surface area (Å²) in [4.78, 5) is 2.41. The Bertz CT molecular complexity index is 512. The molecular weight excluding hydrogens is 260 g/mol. The van der Waals surface area contributed by atoms with E-state index in [0.717, 1.165) is 5.56 Å². The monoisotopic (exact) mass is 284 g/mol. The van der Waals surface area contributed by atoms with Crippen LogP contribution in [0.2, 0.25) is 0 Å². The maximum Gasteiger partial charge on any atom is 0.243 e. The molecule has 0 fully saturated rings. The van der Waals surface area contributed by atoms with Crippen molar-refractivity contribution in [1.82, 2.24) is 9.21 Å². The van der Waals surface area contributed by atoms with Crippen LogP contribution in [0.15, 0.2) is 29.2 Å². The van der Waals surface area contributed by atoms with E-state index < -0.39 is 10.0 Å². The van der Waals surface area contributed by atoms with E-state index in [0.29, 0.717) is 18.0 Å². The minimum Gasteiger partial charge on any atom is -0.308 e. The van der Waals surface area contributed by atoms with Crippen molar-refractivity contribution >= 4 is 10.0 Å². The van der Waals surface area contributed by atoms with E-state index in [9.17, 15) is 8.42 Å². The van der Waals surface area contributed by atoms with Crippen LogP contribution in [0.4, 0.5) is 0 Å². The Morgan fingerprint density at radius 3 is 2.26 bits per heavy atom. The summed E-state index contributed by atoms with van der Waals surface area (Å²) in [7, 11) is 0.478. The van der Waals surface area contributed by atoms with Gasteiger partial charge in [0, 0.05) is 19.1 Å². The lowest BCUT2D eigenvalue weighted by Crippen LogP contribution is -2.43. The van der Waals surface area contributed by atoms with E-state index in [4.69, 9.17) is 0 Å². The molecule has 1 rings (SSSR count). The molecule has 0 aliphatic heterocycles. The third-order valence-electron chi connectivity index (χ3n) is 3.11. The Hall–Kier alpha value is -0.910. The molecule has 0 spiro atoms. The lowest BCUT2D eigenvalue weighted by molar-refractivity contribution is 0.271. The lowest BCUT2D eigenvalue weighted by atomic mass is 10.2. The van der Waals surface area contributed by atoms with Crippen molar-refractivity contribution in [2.45, 2.75) is 31.7 Å². The average molecular weight is 284 g/mol. The van der Waals surface area contributed by atoms with Gasteiger partial charge >= 0.3 is 0 Å². The number of benzene rings is 1. The van der Waals surface area contributed by atoms with Crippen LogP contribution in [-0.4, -0.2) is 50.8 Å². The van der Waals surface area contributed by atoms with E-state index in [1.807, 2.05) is 51.9 Å². The van der Waals surface area contributed by atoms with Crippen LogP contribution in [0.5, 0.6) is 0 Å². The molecule has 0 radical (unpaired) electrons. The zero-order chi connectivity index (χ0) is 14.6. The molecule has 108 valence electrons. The fourth-order valence-corrected chi connectivity index (χ4v) is 4.17. The molecule has 4 nitrogen and oxygen atoms in total. The van der Waals surface area contributed by atoms with Gasteiger partial charge in [0.25, 0.3) is 0 Å². The fourth-order valence-electron chi connectivity index (χ4n) is 2.31. The minimum atomic E-state index is -3.42. The fraction of sp³-hybridized carbons (Fsp3) is 0.571. The van der Waals surface area contributed by atoms with Crippen LogP contribution in [0.1, 0.15) is 19.4 Å². The van der Waals surface area contributed by atoms with Gasteiger partial charge < -0.3 is 4.90 Å². The average Bonchev–Trinajstić information content (AvgIpc) is 2.28. The van der Waals surface area contributed by atoms with Crippen molar-refractivity contribution in [2.75, 3.05) is 27.2 Å². The molecule has 0 N–H and O–H groups in total. The summed E-state index contributed by atoms with van der Waals surface area (Å²) in [6.07, 6.45) is 0. The minimum absolute atomic E-state index is 0.0513. The Labute approximate surface area is 117 Å². The van der Waals surface area contributed by atoms with Crippen molar-refractivity contribution in [1.29, 1.82) is 0 Å². The normalized spacial score (nSPS) is 14.1. The van der Waals surface area contributed by atoms with Crippen LogP contribution >= 0.6 is 0 Å². The van der Waals surface area contributed by atoms with E-state index in [1.165, 1.54) is 0 Å². The van der Waals surface area contributed by atoms with Crippen molar-refractivity contribution < 1.29 is 8.42 Å². The van der Waals surface area contributed by atoms with Crippen LogP contribution in [0, 0.1) is 6.92 Å². The number of sulfonamides is 1. The van der Waals surface area contributed by atoms with E-state index in [-0.39, 0.29) is 6.04 Å². The molecule has 0 saturated carbocycles. The highest BCUT2D eigenvalue weighted by atomic mass is 32.2. The first-order chi connectivity index (χ1) is 8.80. The number of hydrogen-bond donors (Lipinski definition) is 0. The Morgan fingerprint density at radius 2 is 1.79 bits per heavy atom. The maximum atomic E-state index is 12.7. The van der Waals surface area contributed by atoms with Crippen LogP contribution in [-0.2, 0) is 10.0 Å². The molecule has 5 heteroatoms. The van der Waals surface area contributed by atoms with Gasteiger partial charge in [-0.15, -0.1) is 0 Å². The third-order valence-corrected chi connectivity index (χ3v) is 5.36. The van der Waals surface area contributed by atoms with E-state index in [1.54, 1.807) is 16.4 Å². The molecule has 1 atom stereocenters. The van der Waals surface area contributed by atoms with E-state index >= 15 is 0 Å². The molecular formula is C14H24N2O2S. The van der Waals surface area contributed by atoms with Crippen molar-refractivity contribution in [3.8, 4) is 0 Å². The summed E-state index contributed by atoms with van der Waals surface area (Å²) < 4.78 is 27.0. The predicted molar refractivity (Wildman–Crippen MR) is 78.8 cm³/mol. The highest BCUT2D eigenvalue weighted by molar-refractivity contribution is 7.89. The van der Waals surface area contributed by atoms with Crippen molar-refractivity contribution in [3.05, 3.63) is 29.8 Å². The smallest absolute Gasteiger partial charge is 0.243 e. The highest BCUT2D eigenvalue weighted by Crippen LogP contribution is 2.21. The van der Waals surface area contributed by atoms with Crippen molar-refractivity contribution in [2.24, 2.45) is 0 Å². The van der Waals surface area contributed by atoms with Gasteiger partial charge in [0.2, 0.25) is 10.0 Å². The highest BCUT2D eigenvalue weighted by Gasteiger charge is 2.28. The first-order valence-corrected chi connectivity index (χ1v) is 7.97. The van der Waals surface area contributed by atoms with Gasteiger partial charge in [0.05, 0.1) is 4.90 Å². The SMILES string of the molecule is CCN(C(C)CN(C)C)S(=O)(=O)c1ccccc1C. The topological polar surface area (TPSA) is 40.6 Å². The number of aryl methyl sites for hydroxylation is 1. The van der Waals surface area contributed by atoms with E-state index in [2.05, 4.69) is 0 Å².